The minimum Gasteiger partial charge on any atom is -0.479 e. The summed E-state index contributed by atoms with van der Waals surface area (Å²) in [5, 5.41) is 37.1. The zero-order valence-electron chi connectivity index (χ0n) is 17.3. The summed E-state index contributed by atoms with van der Waals surface area (Å²) in [5.74, 6) is -3.36. The Labute approximate surface area is 183 Å². The highest BCUT2D eigenvalue weighted by Crippen LogP contribution is 2.21. The summed E-state index contributed by atoms with van der Waals surface area (Å²) in [4.78, 5) is 35.0. The lowest BCUT2D eigenvalue weighted by molar-refractivity contribution is -0.157. The van der Waals surface area contributed by atoms with Gasteiger partial charge in [0.05, 0.1) is 0 Å². The fourth-order valence-corrected chi connectivity index (χ4v) is 3.30. The summed E-state index contributed by atoms with van der Waals surface area (Å²) in [6.45, 7) is 1.16. The minimum atomic E-state index is -2.07. The van der Waals surface area contributed by atoms with Crippen LogP contribution in [0.15, 0.2) is 60.7 Å². The average Bonchev–Trinajstić information content (AvgIpc) is 3.25. The predicted molar refractivity (Wildman–Crippen MR) is 115 cm³/mol. The molecule has 0 aliphatic carbocycles. The number of aromatic nitrogens is 2. The molecule has 2 aromatic carbocycles. The van der Waals surface area contributed by atoms with Crippen molar-refractivity contribution in [2.45, 2.75) is 31.4 Å². The van der Waals surface area contributed by atoms with Crippen molar-refractivity contribution in [2.75, 3.05) is 0 Å². The van der Waals surface area contributed by atoms with Gasteiger partial charge in [-0.2, -0.15) is 5.10 Å². The summed E-state index contributed by atoms with van der Waals surface area (Å²) in [5.41, 5.74) is 0.405. The highest BCUT2D eigenvalue weighted by molar-refractivity contribution is 5.95. The van der Waals surface area contributed by atoms with Crippen LogP contribution in [0.1, 0.15) is 39.9 Å². The van der Waals surface area contributed by atoms with E-state index < -0.39 is 29.5 Å². The van der Waals surface area contributed by atoms with Gasteiger partial charge in [-0.1, -0.05) is 54.6 Å². The maximum atomic E-state index is 12.6. The Morgan fingerprint density at radius 3 is 2.22 bits per heavy atom. The van der Waals surface area contributed by atoms with Gasteiger partial charge < -0.3 is 20.6 Å². The lowest BCUT2D eigenvalue weighted by Crippen LogP contribution is -2.46. The molecule has 1 heterocycles. The van der Waals surface area contributed by atoms with Crippen molar-refractivity contribution < 1.29 is 29.7 Å². The molecule has 2 atom stereocenters. The Balaban J connectivity index is 1.78. The van der Waals surface area contributed by atoms with Gasteiger partial charge in [-0.3, -0.25) is 9.89 Å². The quantitative estimate of drug-likeness (QED) is 0.344. The number of rotatable bonds is 9. The highest BCUT2D eigenvalue weighted by atomic mass is 16.4. The number of nitrogens with zero attached hydrogens (tertiary/aromatic N) is 1. The van der Waals surface area contributed by atoms with E-state index in [4.69, 9.17) is 5.11 Å². The van der Waals surface area contributed by atoms with Gasteiger partial charge >= 0.3 is 11.9 Å². The number of amides is 1. The van der Waals surface area contributed by atoms with Gasteiger partial charge in [0.15, 0.2) is 11.3 Å². The van der Waals surface area contributed by atoms with Crippen molar-refractivity contribution in [3.05, 3.63) is 77.6 Å². The van der Waals surface area contributed by atoms with Gasteiger partial charge in [0.2, 0.25) is 0 Å². The van der Waals surface area contributed by atoms with E-state index in [2.05, 4.69) is 15.5 Å². The van der Waals surface area contributed by atoms with Crippen LogP contribution in [0.2, 0.25) is 0 Å². The molecule has 0 unspecified atom stereocenters. The van der Waals surface area contributed by atoms with Crippen LogP contribution in [0.5, 0.6) is 0 Å². The molecular formula is C23H23N3O6. The fourth-order valence-electron chi connectivity index (χ4n) is 3.30. The summed E-state index contributed by atoms with van der Waals surface area (Å²) in [7, 11) is 0. The van der Waals surface area contributed by atoms with E-state index in [1.807, 2.05) is 54.6 Å². The second-order valence-electron chi connectivity index (χ2n) is 7.69. The second-order valence-corrected chi connectivity index (χ2v) is 7.69. The van der Waals surface area contributed by atoms with Crippen LogP contribution in [0.4, 0.5) is 0 Å². The molecule has 0 radical (unpaired) electrons. The molecular weight excluding hydrogens is 414 g/mol. The van der Waals surface area contributed by atoms with Gasteiger partial charge in [-0.05, 0) is 30.0 Å². The van der Waals surface area contributed by atoms with Gasteiger partial charge in [0.25, 0.3) is 5.91 Å². The monoisotopic (exact) mass is 437 g/mol. The number of aromatic amines is 1. The van der Waals surface area contributed by atoms with Crippen molar-refractivity contribution in [3.63, 3.8) is 0 Å². The first-order valence-electron chi connectivity index (χ1n) is 9.85. The molecule has 0 saturated heterocycles. The van der Waals surface area contributed by atoms with Crippen LogP contribution in [0.3, 0.4) is 0 Å². The number of hydrogen-bond donors (Lipinski definition) is 5. The predicted octanol–water partition coefficient (Wildman–Crippen LogP) is 2.34. The van der Waals surface area contributed by atoms with Gasteiger partial charge in [0.1, 0.15) is 5.69 Å². The van der Waals surface area contributed by atoms with E-state index in [1.54, 1.807) is 0 Å². The number of hydrogen-bond acceptors (Lipinski definition) is 5. The summed E-state index contributed by atoms with van der Waals surface area (Å²) in [6, 6.07) is 17.7. The Morgan fingerprint density at radius 1 is 1.03 bits per heavy atom. The number of nitrogens with one attached hydrogen (secondary N) is 2. The van der Waals surface area contributed by atoms with E-state index in [0.717, 1.165) is 29.7 Å². The molecule has 0 aliphatic rings. The first kappa shape index (κ1) is 22.7. The number of carboxylic acid groups (broad SMARTS) is 2. The molecule has 1 aromatic heterocycles. The van der Waals surface area contributed by atoms with E-state index in [0.29, 0.717) is 0 Å². The number of carbonyl (C=O) groups is 3. The Hall–Kier alpha value is -3.98. The molecule has 5 N–H and O–H groups in total. The molecule has 32 heavy (non-hydrogen) atoms. The maximum Gasteiger partial charge on any atom is 0.353 e. The number of aliphatic hydroxyl groups is 1. The fraction of sp³-hybridized carbons (Fsp3) is 0.217. The van der Waals surface area contributed by atoms with E-state index in [1.165, 1.54) is 0 Å². The zero-order valence-corrected chi connectivity index (χ0v) is 17.3. The largest absolute Gasteiger partial charge is 0.479 e. The third-order valence-corrected chi connectivity index (χ3v) is 5.02. The Morgan fingerprint density at radius 2 is 1.66 bits per heavy atom. The topological polar surface area (TPSA) is 153 Å². The average molecular weight is 437 g/mol. The van der Waals surface area contributed by atoms with E-state index in [-0.39, 0.29) is 24.2 Å². The summed E-state index contributed by atoms with van der Waals surface area (Å²) < 4.78 is 0. The van der Waals surface area contributed by atoms with Crippen molar-refractivity contribution in [1.82, 2.24) is 15.5 Å². The number of benzene rings is 2. The molecule has 3 aromatic rings. The molecule has 0 aliphatic heterocycles. The van der Waals surface area contributed by atoms with Crippen molar-refractivity contribution in [2.24, 2.45) is 0 Å². The third-order valence-electron chi connectivity index (χ3n) is 5.02. The van der Waals surface area contributed by atoms with Gasteiger partial charge in [0, 0.05) is 18.5 Å². The standard InChI is InChI=1S/C23H23N3O6/c1-23(32,22(30)31)13-17(24-20(27)18-12-19(21(28)29)26-25-18)11-14-7-9-16(10-8-14)15-5-3-2-4-6-15/h2-10,12,17,32H,11,13H2,1H3,(H,24,27)(H,25,26)(H,28,29)(H,30,31)/t17-,23+/m1/s1. The zero-order chi connectivity index (χ0) is 23.3. The third kappa shape index (κ3) is 5.58. The molecule has 1 amide bonds. The molecule has 9 nitrogen and oxygen atoms in total. The van der Waals surface area contributed by atoms with Crippen LogP contribution in [-0.2, 0) is 11.2 Å². The number of carboxylic acids is 2. The number of carbonyl (C=O) groups excluding carboxylic acids is 1. The molecule has 0 bridgehead atoms. The lowest BCUT2D eigenvalue weighted by Gasteiger charge is -2.26. The number of H-pyrrole nitrogens is 1. The van der Waals surface area contributed by atoms with Crippen LogP contribution in [0, 0.1) is 0 Å². The van der Waals surface area contributed by atoms with Crippen LogP contribution >= 0.6 is 0 Å². The summed E-state index contributed by atoms with van der Waals surface area (Å²) >= 11 is 0. The first-order chi connectivity index (χ1) is 15.2. The highest BCUT2D eigenvalue weighted by Gasteiger charge is 2.34. The number of aliphatic carboxylic acids is 1. The maximum absolute atomic E-state index is 12.6. The van der Waals surface area contributed by atoms with Gasteiger partial charge in [-0.15, -0.1) is 0 Å². The van der Waals surface area contributed by atoms with Crippen molar-refractivity contribution >= 4 is 17.8 Å². The minimum absolute atomic E-state index is 0.151. The SMILES string of the molecule is C[C@](O)(C[C@@H](Cc1ccc(-c2ccccc2)cc1)NC(=O)c1cc(C(=O)O)[nH]n1)C(=O)O. The molecule has 3 rings (SSSR count). The molecule has 0 fully saturated rings. The second kappa shape index (κ2) is 9.44. The van der Waals surface area contributed by atoms with Crippen molar-refractivity contribution in [3.8, 4) is 11.1 Å². The Bertz CT molecular complexity index is 1110. The van der Waals surface area contributed by atoms with Crippen LogP contribution in [-0.4, -0.2) is 55.0 Å². The normalized spacial score (nSPS) is 13.7. The van der Waals surface area contributed by atoms with Gasteiger partial charge in [-0.25, -0.2) is 9.59 Å². The smallest absolute Gasteiger partial charge is 0.353 e. The summed E-state index contributed by atoms with van der Waals surface area (Å²) in [6.07, 6.45) is -0.00876. The van der Waals surface area contributed by atoms with Crippen LogP contribution in [0.25, 0.3) is 11.1 Å². The van der Waals surface area contributed by atoms with E-state index in [9.17, 15) is 24.6 Å². The molecule has 0 spiro atoms. The number of aromatic carboxylic acids is 1. The molecule has 0 saturated carbocycles. The Kier molecular flexibility index (Phi) is 6.70. The van der Waals surface area contributed by atoms with Crippen molar-refractivity contribution in [1.29, 1.82) is 0 Å². The van der Waals surface area contributed by atoms with E-state index >= 15 is 0 Å². The molecule has 166 valence electrons. The van der Waals surface area contributed by atoms with Crippen LogP contribution < -0.4 is 5.32 Å². The lowest BCUT2D eigenvalue weighted by atomic mass is 9.92. The first-order valence-corrected chi connectivity index (χ1v) is 9.85. The molecule has 9 heteroatoms.